The van der Waals surface area contributed by atoms with Crippen molar-refractivity contribution >= 4 is 10.0 Å². The van der Waals surface area contributed by atoms with Crippen molar-refractivity contribution in [3.63, 3.8) is 0 Å². The predicted octanol–water partition coefficient (Wildman–Crippen LogP) is 0.926. The van der Waals surface area contributed by atoms with Gasteiger partial charge in [-0.1, -0.05) is 6.07 Å². The van der Waals surface area contributed by atoms with Gasteiger partial charge < -0.3 is 5.32 Å². The van der Waals surface area contributed by atoms with Gasteiger partial charge in [-0.25, -0.2) is 13.1 Å². The first kappa shape index (κ1) is 15.7. The van der Waals surface area contributed by atoms with Crippen LogP contribution in [0.2, 0.25) is 0 Å². The molecule has 0 unspecified atom stereocenters. The Morgan fingerprint density at radius 2 is 2.05 bits per heavy atom. The molecule has 0 bridgehead atoms. The first-order valence-corrected chi connectivity index (χ1v) is 8.12. The number of rotatable bonds is 6. The Labute approximate surface area is 125 Å². The van der Waals surface area contributed by atoms with Gasteiger partial charge in [0.25, 0.3) is 0 Å². The molecule has 2 rings (SSSR count). The molecule has 21 heavy (non-hydrogen) atoms. The number of aromatic nitrogens is 2. The van der Waals surface area contributed by atoms with Gasteiger partial charge in [0.1, 0.15) is 0 Å². The molecular formula is C14H20N4O2S. The van der Waals surface area contributed by atoms with Gasteiger partial charge in [-0.3, -0.25) is 4.68 Å². The van der Waals surface area contributed by atoms with E-state index in [1.165, 1.54) is 0 Å². The summed E-state index contributed by atoms with van der Waals surface area (Å²) in [6.45, 7) is 2.83. The van der Waals surface area contributed by atoms with E-state index in [-0.39, 0.29) is 11.4 Å². The summed E-state index contributed by atoms with van der Waals surface area (Å²) in [6.07, 6.45) is 3.42. The Balaban J connectivity index is 2.17. The normalized spacial score (nSPS) is 11.8. The molecular weight excluding hydrogens is 288 g/mol. The molecule has 1 aromatic carbocycles. The molecule has 0 atom stereocenters. The second-order valence-corrected chi connectivity index (χ2v) is 6.73. The highest BCUT2D eigenvalue weighted by molar-refractivity contribution is 7.89. The molecule has 0 aliphatic carbocycles. The molecule has 0 amide bonds. The fourth-order valence-corrected chi connectivity index (χ4v) is 3.09. The van der Waals surface area contributed by atoms with E-state index in [1.807, 2.05) is 20.0 Å². The molecule has 0 radical (unpaired) electrons. The van der Waals surface area contributed by atoms with Crippen molar-refractivity contribution < 1.29 is 8.42 Å². The van der Waals surface area contributed by atoms with Crippen molar-refractivity contribution in [3.8, 4) is 0 Å². The largest absolute Gasteiger partial charge is 0.316 e. The van der Waals surface area contributed by atoms with Gasteiger partial charge in [0.2, 0.25) is 10.0 Å². The van der Waals surface area contributed by atoms with Crippen LogP contribution in [-0.4, -0.2) is 25.2 Å². The summed E-state index contributed by atoms with van der Waals surface area (Å²) in [5, 5.41) is 7.05. The molecule has 0 fully saturated rings. The molecule has 7 heteroatoms. The number of benzene rings is 1. The lowest BCUT2D eigenvalue weighted by atomic mass is 10.1. The summed E-state index contributed by atoms with van der Waals surface area (Å²) in [4.78, 5) is 0.280. The third-order valence-corrected chi connectivity index (χ3v) is 4.62. The van der Waals surface area contributed by atoms with E-state index in [2.05, 4.69) is 15.1 Å². The van der Waals surface area contributed by atoms with Crippen molar-refractivity contribution in [3.05, 3.63) is 47.3 Å². The number of aryl methyl sites for hydroxylation is 2. The van der Waals surface area contributed by atoms with Gasteiger partial charge in [-0.05, 0) is 37.2 Å². The Morgan fingerprint density at radius 1 is 1.29 bits per heavy atom. The minimum atomic E-state index is -3.52. The first-order valence-electron chi connectivity index (χ1n) is 6.63. The van der Waals surface area contributed by atoms with Gasteiger partial charge in [0, 0.05) is 31.9 Å². The van der Waals surface area contributed by atoms with Crippen LogP contribution in [0.4, 0.5) is 0 Å². The number of nitrogens with zero attached hydrogens (tertiary/aromatic N) is 2. The van der Waals surface area contributed by atoms with Crippen LogP contribution < -0.4 is 10.0 Å². The van der Waals surface area contributed by atoms with E-state index in [0.29, 0.717) is 6.54 Å². The van der Waals surface area contributed by atoms with Crippen LogP contribution in [0, 0.1) is 6.92 Å². The molecule has 114 valence electrons. The molecule has 0 saturated heterocycles. The van der Waals surface area contributed by atoms with Gasteiger partial charge in [-0.2, -0.15) is 5.10 Å². The average Bonchev–Trinajstić information content (AvgIpc) is 2.85. The number of hydrogen-bond donors (Lipinski definition) is 2. The monoisotopic (exact) mass is 308 g/mol. The maximum absolute atomic E-state index is 12.3. The maximum Gasteiger partial charge on any atom is 0.240 e. The van der Waals surface area contributed by atoms with E-state index in [1.54, 1.807) is 36.3 Å². The van der Waals surface area contributed by atoms with E-state index in [0.717, 1.165) is 16.7 Å². The minimum absolute atomic E-state index is 0.228. The lowest BCUT2D eigenvalue weighted by Gasteiger charge is -2.10. The lowest BCUT2D eigenvalue weighted by Crippen LogP contribution is -2.23. The first-order chi connectivity index (χ1) is 9.92. The van der Waals surface area contributed by atoms with E-state index < -0.39 is 10.0 Å². The van der Waals surface area contributed by atoms with Crippen LogP contribution in [0.1, 0.15) is 16.7 Å². The van der Waals surface area contributed by atoms with Crippen LogP contribution in [0.5, 0.6) is 0 Å². The smallest absolute Gasteiger partial charge is 0.240 e. The molecule has 0 spiro atoms. The number of hydrogen-bond acceptors (Lipinski definition) is 4. The highest BCUT2D eigenvalue weighted by atomic mass is 32.2. The third kappa shape index (κ3) is 3.90. The van der Waals surface area contributed by atoms with Crippen LogP contribution in [0.3, 0.4) is 0 Å². The Hall–Kier alpha value is -1.70. The average molecular weight is 308 g/mol. The summed E-state index contributed by atoms with van der Waals surface area (Å²) < 4.78 is 28.9. The summed E-state index contributed by atoms with van der Waals surface area (Å²) in [6, 6.07) is 5.16. The van der Waals surface area contributed by atoms with Gasteiger partial charge in [-0.15, -0.1) is 0 Å². The van der Waals surface area contributed by atoms with E-state index in [4.69, 9.17) is 0 Å². The highest BCUT2D eigenvalue weighted by Crippen LogP contribution is 2.16. The standard InChI is InChI=1S/C14H20N4O2S/c1-11-4-5-14(6-13(11)9-15-2)21(19,20)17-8-12-7-16-18(3)10-12/h4-7,10,15,17H,8-9H2,1-3H3. The quantitative estimate of drug-likeness (QED) is 0.832. The molecule has 6 nitrogen and oxygen atoms in total. The minimum Gasteiger partial charge on any atom is -0.316 e. The van der Waals surface area contributed by atoms with Crippen molar-refractivity contribution in [1.29, 1.82) is 0 Å². The Kier molecular flexibility index (Phi) is 4.76. The number of sulfonamides is 1. The topological polar surface area (TPSA) is 76.0 Å². The molecule has 0 aliphatic heterocycles. The zero-order valence-electron chi connectivity index (χ0n) is 12.4. The van der Waals surface area contributed by atoms with Crippen molar-refractivity contribution in [2.45, 2.75) is 24.9 Å². The second-order valence-electron chi connectivity index (χ2n) is 4.97. The van der Waals surface area contributed by atoms with Crippen LogP contribution >= 0.6 is 0 Å². The number of nitrogens with one attached hydrogen (secondary N) is 2. The van der Waals surface area contributed by atoms with Crippen LogP contribution in [0.25, 0.3) is 0 Å². The fraction of sp³-hybridized carbons (Fsp3) is 0.357. The summed E-state index contributed by atoms with van der Waals surface area (Å²) in [5.41, 5.74) is 2.86. The highest BCUT2D eigenvalue weighted by Gasteiger charge is 2.15. The Morgan fingerprint density at radius 3 is 2.67 bits per heavy atom. The summed E-state index contributed by atoms with van der Waals surface area (Å²) in [5.74, 6) is 0. The lowest BCUT2D eigenvalue weighted by molar-refractivity contribution is 0.581. The molecule has 2 N–H and O–H groups in total. The molecule has 1 aromatic heterocycles. The second kappa shape index (κ2) is 6.38. The van der Waals surface area contributed by atoms with E-state index >= 15 is 0 Å². The summed E-state index contributed by atoms with van der Waals surface area (Å²) >= 11 is 0. The van der Waals surface area contributed by atoms with Gasteiger partial charge >= 0.3 is 0 Å². The Bertz CT molecular complexity index is 722. The molecule has 0 aliphatic rings. The molecule has 1 heterocycles. The van der Waals surface area contributed by atoms with Crippen molar-refractivity contribution in [1.82, 2.24) is 19.8 Å². The fourth-order valence-electron chi connectivity index (χ4n) is 2.02. The zero-order valence-corrected chi connectivity index (χ0v) is 13.2. The van der Waals surface area contributed by atoms with Crippen LogP contribution in [0.15, 0.2) is 35.5 Å². The van der Waals surface area contributed by atoms with Crippen LogP contribution in [-0.2, 0) is 30.2 Å². The zero-order chi connectivity index (χ0) is 15.5. The SMILES string of the molecule is CNCc1cc(S(=O)(=O)NCc2cnn(C)c2)ccc1C. The van der Waals surface area contributed by atoms with Crippen molar-refractivity contribution in [2.24, 2.45) is 7.05 Å². The van der Waals surface area contributed by atoms with Gasteiger partial charge in [0.15, 0.2) is 0 Å². The maximum atomic E-state index is 12.3. The van der Waals surface area contributed by atoms with E-state index in [9.17, 15) is 8.42 Å². The van der Waals surface area contributed by atoms with Crippen molar-refractivity contribution in [2.75, 3.05) is 7.05 Å². The molecule has 2 aromatic rings. The van der Waals surface area contributed by atoms with Gasteiger partial charge in [0.05, 0.1) is 11.1 Å². The third-order valence-electron chi connectivity index (χ3n) is 3.22. The molecule has 0 saturated carbocycles. The summed E-state index contributed by atoms with van der Waals surface area (Å²) in [7, 11) is 0.107. The predicted molar refractivity (Wildman–Crippen MR) is 81.2 cm³/mol.